The van der Waals surface area contributed by atoms with Gasteiger partial charge in [-0.25, -0.2) is 14.1 Å². The van der Waals surface area contributed by atoms with Gasteiger partial charge >= 0.3 is 6.03 Å². The van der Waals surface area contributed by atoms with Crippen LogP contribution in [0, 0.1) is 11.7 Å². The molecule has 154 valence electrons. The Kier molecular flexibility index (Phi) is 4.76. The van der Waals surface area contributed by atoms with Crippen molar-refractivity contribution in [2.75, 3.05) is 0 Å². The summed E-state index contributed by atoms with van der Waals surface area (Å²) in [5, 5.41) is 2.16. The van der Waals surface area contributed by atoms with Crippen molar-refractivity contribution in [1.29, 1.82) is 0 Å². The highest BCUT2D eigenvalue weighted by molar-refractivity contribution is 6.15. The van der Waals surface area contributed by atoms with Gasteiger partial charge in [0.25, 0.3) is 11.8 Å². The van der Waals surface area contributed by atoms with Gasteiger partial charge in [-0.15, -0.1) is 0 Å². The molecule has 8 nitrogen and oxygen atoms in total. The lowest BCUT2D eigenvalue weighted by Gasteiger charge is -2.41. The Balaban J connectivity index is 1.78. The Labute approximate surface area is 166 Å². The first-order valence-electron chi connectivity index (χ1n) is 9.77. The smallest absolute Gasteiger partial charge is 0.332 e. The summed E-state index contributed by atoms with van der Waals surface area (Å²) in [4.78, 5) is 51.5. The average molecular weight is 403 g/mol. The average Bonchev–Trinajstić information content (AvgIpc) is 2.93. The maximum Gasteiger partial charge on any atom is 0.332 e. The van der Waals surface area contributed by atoms with Gasteiger partial charge in [-0.1, -0.05) is 19.3 Å². The van der Waals surface area contributed by atoms with Gasteiger partial charge in [0, 0.05) is 18.4 Å². The molecule has 0 aromatic heterocycles. The molecular formula is C20H22FN3O5. The molecule has 29 heavy (non-hydrogen) atoms. The second kappa shape index (κ2) is 7.13. The van der Waals surface area contributed by atoms with E-state index in [1.165, 1.54) is 6.07 Å². The van der Waals surface area contributed by atoms with Gasteiger partial charge in [0.05, 0.1) is 0 Å². The number of hydrogen-bond acceptors (Lipinski definition) is 5. The van der Waals surface area contributed by atoms with Crippen LogP contribution in [-0.4, -0.2) is 34.8 Å². The maximum atomic E-state index is 14.0. The van der Waals surface area contributed by atoms with Gasteiger partial charge in [0.1, 0.15) is 11.6 Å². The third kappa shape index (κ3) is 3.14. The highest BCUT2D eigenvalue weighted by atomic mass is 19.1. The molecule has 1 spiro atoms. The third-order valence-corrected chi connectivity index (χ3v) is 6.07. The molecule has 1 saturated heterocycles. The molecule has 3 N–H and O–H groups in total. The molecule has 3 aliphatic rings. The number of primary amides is 1. The van der Waals surface area contributed by atoms with Crippen LogP contribution in [0.25, 0.3) is 0 Å². The number of carbonyl (C=O) groups is 4. The van der Waals surface area contributed by atoms with E-state index in [9.17, 15) is 23.6 Å². The monoisotopic (exact) mass is 403 g/mol. The lowest BCUT2D eigenvalue weighted by Crippen LogP contribution is -2.56. The number of halogens is 1. The molecule has 4 rings (SSSR count). The van der Waals surface area contributed by atoms with E-state index in [0.29, 0.717) is 0 Å². The number of ether oxygens (including phenoxy) is 1. The zero-order chi connectivity index (χ0) is 20.8. The molecule has 5 amide bonds. The lowest BCUT2D eigenvalue weighted by molar-refractivity contribution is -0.145. The summed E-state index contributed by atoms with van der Waals surface area (Å²) >= 11 is 0. The van der Waals surface area contributed by atoms with Crippen LogP contribution < -0.4 is 15.8 Å². The fourth-order valence-corrected chi connectivity index (χ4v) is 4.67. The van der Waals surface area contributed by atoms with Crippen molar-refractivity contribution >= 4 is 23.8 Å². The molecule has 1 aromatic carbocycles. The zero-order valence-electron chi connectivity index (χ0n) is 15.8. The van der Waals surface area contributed by atoms with Crippen molar-refractivity contribution in [2.24, 2.45) is 11.7 Å². The van der Waals surface area contributed by atoms with Crippen LogP contribution in [0.4, 0.5) is 9.18 Å². The Morgan fingerprint density at radius 2 is 1.97 bits per heavy atom. The first kappa shape index (κ1) is 19.4. The highest BCUT2D eigenvalue weighted by Gasteiger charge is 2.61. The zero-order valence-corrected chi connectivity index (χ0v) is 15.8. The Bertz CT molecular complexity index is 898. The minimum absolute atomic E-state index is 0.0374. The van der Waals surface area contributed by atoms with Gasteiger partial charge in [0.2, 0.25) is 5.91 Å². The van der Waals surface area contributed by atoms with E-state index in [4.69, 9.17) is 10.5 Å². The number of hydrogen-bond donors (Lipinski definition) is 2. The van der Waals surface area contributed by atoms with Crippen LogP contribution in [0.1, 0.15) is 50.5 Å². The van der Waals surface area contributed by atoms with E-state index in [1.54, 1.807) is 0 Å². The third-order valence-electron chi connectivity index (χ3n) is 6.07. The van der Waals surface area contributed by atoms with Crippen molar-refractivity contribution in [3.8, 4) is 5.75 Å². The Morgan fingerprint density at radius 1 is 1.24 bits per heavy atom. The van der Waals surface area contributed by atoms with Gasteiger partial charge in [-0.05, 0) is 37.0 Å². The summed E-state index contributed by atoms with van der Waals surface area (Å²) in [6.45, 7) is 0. The number of nitrogens with two attached hydrogens (primary N) is 1. The van der Waals surface area contributed by atoms with Crippen molar-refractivity contribution in [1.82, 2.24) is 10.2 Å². The minimum Gasteiger partial charge on any atom is -0.480 e. The van der Waals surface area contributed by atoms with Crippen molar-refractivity contribution in [3.63, 3.8) is 0 Å². The molecule has 2 aliphatic heterocycles. The quantitative estimate of drug-likeness (QED) is 0.745. The normalized spacial score (nSPS) is 26.8. The number of urea groups is 1. The summed E-state index contributed by atoms with van der Waals surface area (Å²) in [5.41, 5.74) is 3.57. The van der Waals surface area contributed by atoms with Crippen LogP contribution in [-0.2, 0) is 19.9 Å². The number of nitrogens with one attached hydrogen (secondary N) is 1. The van der Waals surface area contributed by atoms with E-state index in [2.05, 4.69) is 5.32 Å². The molecule has 1 aliphatic carbocycles. The topological polar surface area (TPSA) is 119 Å². The lowest BCUT2D eigenvalue weighted by atomic mass is 9.79. The number of fused-ring (bicyclic) bond motifs is 2. The number of rotatable bonds is 3. The largest absolute Gasteiger partial charge is 0.480 e. The molecule has 2 fully saturated rings. The van der Waals surface area contributed by atoms with Crippen molar-refractivity contribution in [2.45, 2.75) is 56.6 Å². The molecule has 0 radical (unpaired) electrons. The Hall–Kier alpha value is -2.97. The summed E-state index contributed by atoms with van der Waals surface area (Å²) < 4.78 is 19.6. The summed E-state index contributed by atoms with van der Waals surface area (Å²) in [5.74, 6) is -2.65. The van der Waals surface area contributed by atoms with Crippen LogP contribution >= 0.6 is 0 Å². The number of carbonyl (C=O) groups excluding carboxylic acids is 4. The van der Waals surface area contributed by atoms with E-state index in [1.807, 2.05) is 0 Å². The molecule has 1 saturated carbocycles. The molecule has 9 heteroatoms. The SMILES string of the molecule is NC(=O)C1CC2(C(=O)NC(=O)N2C(=O)CC2CCCCC2)c2cc(F)ccc2O1. The van der Waals surface area contributed by atoms with E-state index < -0.39 is 41.2 Å². The van der Waals surface area contributed by atoms with Crippen LogP contribution in [0.5, 0.6) is 5.75 Å². The van der Waals surface area contributed by atoms with E-state index in [-0.39, 0.29) is 30.1 Å². The van der Waals surface area contributed by atoms with Crippen molar-refractivity contribution in [3.05, 3.63) is 29.6 Å². The standard InChI is InChI=1S/C20H22FN3O5/c21-12-6-7-14-13(9-12)20(10-15(29-14)17(22)26)18(27)23-19(28)24(20)16(25)8-11-4-2-1-3-5-11/h6-7,9,11,15H,1-5,8,10H2,(H2,22,26)(H,23,27,28). The first-order chi connectivity index (χ1) is 13.8. The van der Waals surface area contributed by atoms with Gasteiger partial charge in [-0.3, -0.25) is 19.7 Å². The van der Waals surface area contributed by atoms with E-state index >= 15 is 0 Å². The molecule has 2 heterocycles. The number of amides is 5. The first-order valence-corrected chi connectivity index (χ1v) is 9.77. The summed E-state index contributed by atoms with van der Waals surface area (Å²) in [6.07, 6.45) is 3.40. The second-order valence-electron chi connectivity index (χ2n) is 7.91. The summed E-state index contributed by atoms with van der Waals surface area (Å²) in [7, 11) is 0. The van der Waals surface area contributed by atoms with Gasteiger partial charge in [-0.2, -0.15) is 0 Å². The number of benzene rings is 1. The molecule has 2 atom stereocenters. The van der Waals surface area contributed by atoms with Crippen LogP contribution in [0.3, 0.4) is 0 Å². The van der Waals surface area contributed by atoms with Crippen molar-refractivity contribution < 1.29 is 28.3 Å². The molecular weight excluding hydrogens is 381 g/mol. The van der Waals surface area contributed by atoms with Crippen LogP contribution in [0.15, 0.2) is 18.2 Å². The molecule has 0 bridgehead atoms. The number of imide groups is 2. The summed E-state index contributed by atoms with van der Waals surface area (Å²) in [6, 6.07) is 2.56. The predicted molar refractivity (Wildman–Crippen MR) is 97.9 cm³/mol. The number of nitrogens with zero attached hydrogens (tertiary/aromatic N) is 1. The van der Waals surface area contributed by atoms with Crippen LogP contribution in [0.2, 0.25) is 0 Å². The highest BCUT2D eigenvalue weighted by Crippen LogP contribution is 2.47. The van der Waals surface area contributed by atoms with E-state index in [0.717, 1.165) is 49.1 Å². The predicted octanol–water partition coefficient (Wildman–Crippen LogP) is 1.71. The van der Waals surface area contributed by atoms with Gasteiger partial charge in [0.15, 0.2) is 11.6 Å². The minimum atomic E-state index is -1.86. The van der Waals surface area contributed by atoms with Gasteiger partial charge < -0.3 is 10.5 Å². The fourth-order valence-electron chi connectivity index (χ4n) is 4.67. The fraction of sp³-hybridized carbons (Fsp3) is 0.500. The molecule has 1 aromatic rings. The molecule has 2 unspecified atom stereocenters. The Morgan fingerprint density at radius 3 is 2.66 bits per heavy atom. The maximum absolute atomic E-state index is 14.0. The second-order valence-corrected chi connectivity index (χ2v) is 7.91.